The first-order chi connectivity index (χ1) is 15.2. The Kier molecular flexibility index (Phi) is 7.38. The van der Waals surface area contributed by atoms with E-state index in [2.05, 4.69) is 38.7 Å². The van der Waals surface area contributed by atoms with Crippen molar-refractivity contribution in [3.05, 3.63) is 84.2 Å². The van der Waals surface area contributed by atoms with Crippen LogP contribution in [0, 0.1) is 5.82 Å². The third kappa shape index (κ3) is 6.18. The predicted molar refractivity (Wildman–Crippen MR) is 121 cm³/mol. The number of amides is 1. The standard InChI is InChI=1S/C24H27FN4OS/c25-21-7-9-22(10-8-21)31-19-24(30)28-13-4-12-27(15-16-28)18-23-26-11-14-29(23)17-20-5-2-1-3-6-20/h1-3,5-11,14H,4,12-13,15-19H2. The van der Waals surface area contributed by atoms with Gasteiger partial charge in [-0.05, 0) is 36.2 Å². The molecular weight excluding hydrogens is 411 g/mol. The van der Waals surface area contributed by atoms with Crippen LogP contribution in [0.2, 0.25) is 0 Å². The fourth-order valence-corrected chi connectivity index (χ4v) is 4.56. The molecule has 4 rings (SSSR count). The number of nitrogens with zero attached hydrogens (tertiary/aromatic N) is 4. The summed E-state index contributed by atoms with van der Waals surface area (Å²) in [6, 6.07) is 16.7. The maximum Gasteiger partial charge on any atom is 0.232 e. The average molecular weight is 439 g/mol. The SMILES string of the molecule is O=C(CSc1ccc(F)cc1)N1CCCN(Cc2nccn2Cc2ccccc2)CC1. The van der Waals surface area contributed by atoms with Gasteiger partial charge in [0.2, 0.25) is 5.91 Å². The second-order valence-electron chi connectivity index (χ2n) is 7.71. The zero-order valence-electron chi connectivity index (χ0n) is 17.5. The fourth-order valence-electron chi connectivity index (χ4n) is 3.76. The number of aromatic nitrogens is 2. The third-order valence-electron chi connectivity index (χ3n) is 5.48. The van der Waals surface area contributed by atoms with Crippen LogP contribution >= 0.6 is 11.8 Å². The van der Waals surface area contributed by atoms with Gasteiger partial charge in [-0.15, -0.1) is 11.8 Å². The van der Waals surface area contributed by atoms with Crippen molar-refractivity contribution in [3.63, 3.8) is 0 Å². The molecule has 7 heteroatoms. The van der Waals surface area contributed by atoms with E-state index in [4.69, 9.17) is 0 Å². The Labute approximate surface area is 186 Å². The molecule has 0 unspecified atom stereocenters. The lowest BCUT2D eigenvalue weighted by Crippen LogP contribution is -2.36. The first-order valence-electron chi connectivity index (χ1n) is 10.6. The maximum atomic E-state index is 13.0. The van der Waals surface area contributed by atoms with E-state index in [1.807, 2.05) is 23.4 Å². The monoisotopic (exact) mass is 438 g/mol. The van der Waals surface area contributed by atoms with E-state index >= 15 is 0 Å². The topological polar surface area (TPSA) is 41.4 Å². The number of hydrogen-bond donors (Lipinski definition) is 0. The molecule has 1 amide bonds. The predicted octanol–water partition coefficient (Wildman–Crippen LogP) is 3.90. The Bertz CT molecular complexity index is 977. The highest BCUT2D eigenvalue weighted by Gasteiger charge is 2.20. The van der Waals surface area contributed by atoms with Crippen LogP contribution < -0.4 is 0 Å². The van der Waals surface area contributed by atoms with Gasteiger partial charge in [0, 0.05) is 50.0 Å². The summed E-state index contributed by atoms with van der Waals surface area (Å²) in [5.41, 5.74) is 1.26. The van der Waals surface area contributed by atoms with E-state index < -0.39 is 0 Å². The number of carbonyl (C=O) groups is 1. The molecule has 2 aromatic carbocycles. The van der Waals surface area contributed by atoms with Crippen LogP contribution in [0.25, 0.3) is 0 Å². The molecule has 0 saturated carbocycles. The number of halogens is 1. The Balaban J connectivity index is 1.28. The minimum absolute atomic E-state index is 0.141. The maximum absolute atomic E-state index is 13.0. The summed E-state index contributed by atoms with van der Waals surface area (Å²) >= 11 is 1.46. The van der Waals surface area contributed by atoms with Crippen molar-refractivity contribution in [2.75, 3.05) is 31.9 Å². The molecule has 0 radical (unpaired) electrons. The van der Waals surface area contributed by atoms with Gasteiger partial charge >= 0.3 is 0 Å². The Morgan fingerprint density at radius 1 is 0.968 bits per heavy atom. The molecule has 5 nitrogen and oxygen atoms in total. The van der Waals surface area contributed by atoms with Gasteiger partial charge in [0.1, 0.15) is 11.6 Å². The van der Waals surface area contributed by atoms with Gasteiger partial charge < -0.3 is 9.47 Å². The number of imidazole rings is 1. The van der Waals surface area contributed by atoms with Crippen LogP contribution in [-0.2, 0) is 17.9 Å². The lowest BCUT2D eigenvalue weighted by atomic mass is 10.2. The molecule has 0 spiro atoms. The van der Waals surface area contributed by atoms with Crippen LogP contribution in [0.3, 0.4) is 0 Å². The number of carbonyl (C=O) groups excluding carboxylic acids is 1. The second kappa shape index (κ2) is 10.6. The van der Waals surface area contributed by atoms with Gasteiger partial charge in [0.25, 0.3) is 0 Å². The van der Waals surface area contributed by atoms with Crippen LogP contribution in [0.5, 0.6) is 0 Å². The minimum Gasteiger partial charge on any atom is -0.341 e. The molecule has 0 N–H and O–H groups in total. The molecule has 0 aliphatic carbocycles. The summed E-state index contributed by atoms with van der Waals surface area (Å²) in [5, 5.41) is 0. The number of hydrogen-bond acceptors (Lipinski definition) is 4. The summed E-state index contributed by atoms with van der Waals surface area (Å²) in [6.45, 7) is 4.89. The Morgan fingerprint density at radius 2 is 1.77 bits per heavy atom. The van der Waals surface area contributed by atoms with Gasteiger partial charge in [-0.3, -0.25) is 9.69 Å². The summed E-state index contributed by atoms with van der Waals surface area (Å²) in [6.07, 6.45) is 4.84. The molecular formula is C24H27FN4OS. The summed E-state index contributed by atoms with van der Waals surface area (Å²) < 4.78 is 15.2. The summed E-state index contributed by atoms with van der Waals surface area (Å²) in [5.74, 6) is 1.32. The van der Waals surface area contributed by atoms with E-state index in [0.29, 0.717) is 5.75 Å². The average Bonchev–Trinajstić information content (AvgIpc) is 3.07. The van der Waals surface area contributed by atoms with Crippen molar-refractivity contribution in [1.29, 1.82) is 0 Å². The van der Waals surface area contributed by atoms with Gasteiger partial charge in [0.15, 0.2) is 0 Å². The van der Waals surface area contributed by atoms with Gasteiger partial charge in [-0.25, -0.2) is 9.37 Å². The highest BCUT2D eigenvalue weighted by atomic mass is 32.2. The lowest BCUT2D eigenvalue weighted by molar-refractivity contribution is -0.128. The highest BCUT2D eigenvalue weighted by Crippen LogP contribution is 2.19. The zero-order chi connectivity index (χ0) is 21.5. The van der Waals surface area contributed by atoms with Crippen LogP contribution in [0.1, 0.15) is 17.8 Å². The molecule has 1 fully saturated rings. The first-order valence-corrected chi connectivity index (χ1v) is 11.6. The molecule has 31 heavy (non-hydrogen) atoms. The van der Waals surface area contributed by atoms with Crippen molar-refractivity contribution in [1.82, 2.24) is 19.4 Å². The smallest absolute Gasteiger partial charge is 0.232 e. The first kappa shape index (κ1) is 21.6. The minimum atomic E-state index is -0.257. The molecule has 3 aromatic rings. The molecule has 0 bridgehead atoms. The van der Waals surface area contributed by atoms with Crippen molar-refractivity contribution in [2.45, 2.75) is 24.4 Å². The fraction of sp³-hybridized carbons (Fsp3) is 0.333. The quantitative estimate of drug-likeness (QED) is 0.525. The molecule has 1 aromatic heterocycles. The molecule has 2 heterocycles. The Hall–Kier alpha value is -2.64. The lowest BCUT2D eigenvalue weighted by Gasteiger charge is -2.22. The van der Waals surface area contributed by atoms with E-state index in [9.17, 15) is 9.18 Å². The normalized spacial score (nSPS) is 15.1. The number of benzene rings is 2. The van der Waals surface area contributed by atoms with Gasteiger partial charge in [-0.1, -0.05) is 30.3 Å². The van der Waals surface area contributed by atoms with E-state index in [-0.39, 0.29) is 11.7 Å². The zero-order valence-corrected chi connectivity index (χ0v) is 18.3. The second-order valence-corrected chi connectivity index (χ2v) is 8.76. The molecule has 1 aliphatic heterocycles. The van der Waals surface area contributed by atoms with Crippen molar-refractivity contribution in [3.8, 4) is 0 Å². The van der Waals surface area contributed by atoms with Crippen LogP contribution in [0.15, 0.2) is 71.9 Å². The number of thioether (sulfide) groups is 1. The summed E-state index contributed by atoms with van der Waals surface area (Å²) in [7, 11) is 0. The van der Waals surface area contributed by atoms with Crippen molar-refractivity contribution in [2.24, 2.45) is 0 Å². The molecule has 162 valence electrons. The Morgan fingerprint density at radius 3 is 2.58 bits per heavy atom. The summed E-state index contributed by atoms with van der Waals surface area (Å²) in [4.78, 5) is 22.5. The van der Waals surface area contributed by atoms with E-state index in [1.54, 1.807) is 12.1 Å². The highest BCUT2D eigenvalue weighted by molar-refractivity contribution is 8.00. The number of rotatable bonds is 7. The van der Waals surface area contributed by atoms with E-state index in [0.717, 1.165) is 56.4 Å². The van der Waals surface area contributed by atoms with E-state index in [1.165, 1.54) is 29.5 Å². The van der Waals surface area contributed by atoms with Crippen molar-refractivity contribution >= 4 is 17.7 Å². The van der Waals surface area contributed by atoms with Gasteiger partial charge in [0.05, 0.1) is 12.3 Å². The largest absolute Gasteiger partial charge is 0.341 e. The molecule has 1 saturated heterocycles. The van der Waals surface area contributed by atoms with Crippen LogP contribution in [-0.4, -0.2) is 57.2 Å². The molecule has 1 aliphatic rings. The van der Waals surface area contributed by atoms with Crippen LogP contribution in [0.4, 0.5) is 4.39 Å². The van der Waals surface area contributed by atoms with Gasteiger partial charge in [-0.2, -0.15) is 0 Å². The molecule has 0 atom stereocenters. The third-order valence-corrected chi connectivity index (χ3v) is 6.48. The van der Waals surface area contributed by atoms with Crippen molar-refractivity contribution < 1.29 is 9.18 Å².